The van der Waals surface area contributed by atoms with Crippen LogP contribution in [0.5, 0.6) is 0 Å². The molecule has 1 aromatic heterocycles. The number of hydrogen-bond donors (Lipinski definition) is 1. The molecule has 7 nitrogen and oxygen atoms in total. The maximum Gasteiger partial charge on any atom is 0.220 e. The third-order valence-corrected chi connectivity index (χ3v) is 5.66. The monoisotopic (exact) mass is 334 g/mol. The van der Waals surface area contributed by atoms with Gasteiger partial charge in [-0.25, -0.2) is 4.68 Å². The van der Waals surface area contributed by atoms with Gasteiger partial charge in [-0.15, -0.1) is 5.10 Å². The molecule has 1 amide bonds. The molecule has 2 aliphatic rings. The van der Waals surface area contributed by atoms with Crippen LogP contribution in [0, 0.1) is 11.8 Å². The lowest BCUT2D eigenvalue weighted by molar-refractivity contribution is -0.123. The van der Waals surface area contributed by atoms with E-state index in [1.807, 2.05) is 0 Å². The van der Waals surface area contributed by atoms with Crippen LogP contribution >= 0.6 is 0 Å². The van der Waals surface area contributed by atoms with E-state index in [0.717, 1.165) is 31.8 Å². The Balaban J connectivity index is 1.77. The van der Waals surface area contributed by atoms with Gasteiger partial charge >= 0.3 is 0 Å². The minimum Gasteiger partial charge on any atom is -0.369 e. The SMILES string of the molecule is CC(C)[C@@H](c1nnnn1C1CCCCC1)N1CCC(C(N)=O)CC1. The van der Waals surface area contributed by atoms with Crippen LogP contribution in [0.4, 0.5) is 0 Å². The average Bonchev–Trinajstić information content (AvgIpc) is 3.05. The Morgan fingerprint density at radius 1 is 1.12 bits per heavy atom. The van der Waals surface area contributed by atoms with E-state index in [1.54, 1.807) is 0 Å². The van der Waals surface area contributed by atoms with Crippen molar-refractivity contribution in [1.82, 2.24) is 25.1 Å². The number of carbonyl (C=O) groups is 1. The van der Waals surface area contributed by atoms with Gasteiger partial charge in [0.25, 0.3) is 0 Å². The van der Waals surface area contributed by atoms with Gasteiger partial charge in [-0.3, -0.25) is 9.69 Å². The number of piperidine rings is 1. The molecule has 0 aromatic carbocycles. The summed E-state index contributed by atoms with van der Waals surface area (Å²) in [5, 5.41) is 12.7. The fourth-order valence-electron chi connectivity index (χ4n) is 4.33. The van der Waals surface area contributed by atoms with Crippen molar-refractivity contribution in [2.24, 2.45) is 17.6 Å². The van der Waals surface area contributed by atoms with Gasteiger partial charge in [-0.2, -0.15) is 0 Å². The average molecular weight is 334 g/mol. The zero-order chi connectivity index (χ0) is 17.1. The highest BCUT2D eigenvalue weighted by molar-refractivity contribution is 5.76. The zero-order valence-electron chi connectivity index (χ0n) is 14.9. The molecule has 0 radical (unpaired) electrons. The molecule has 0 bridgehead atoms. The van der Waals surface area contributed by atoms with E-state index in [2.05, 4.69) is 39.0 Å². The molecule has 1 saturated carbocycles. The number of amides is 1. The summed E-state index contributed by atoms with van der Waals surface area (Å²) >= 11 is 0. The molecule has 0 unspecified atom stereocenters. The predicted octanol–water partition coefficient (Wildman–Crippen LogP) is 2.07. The number of primary amides is 1. The van der Waals surface area contributed by atoms with Crippen molar-refractivity contribution >= 4 is 5.91 Å². The van der Waals surface area contributed by atoms with E-state index in [0.29, 0.717) is 12.0 Å². The molecule has 1 aromatic rings. The summed E-state index contributed by atoms with van der Waals surface area (Å²) in [5.41, 5.74) is 5.47. The second-order valence-electron chi connectivity index (χ2n) is 7.67. The third kappa shape index (κ3) is 3.61. The van der Waals surface area contributed by atoms with Crippen molar-refractivity contribution in [2.45, 2.75) is 70.9 Å². The first-order valence-electron chi connectivity index (χ1n) is 9.39. The fourth-order valence-corrected chi connectivity index (χ4v) is 4.33. The second-order valence-corrected chi connectivity index (χ2v) is 7.67. The highest BCUT2D eigenvalue weighted by atomic mass is 16.1. The van der Waals surface area contributed by atoms with Crippen molar-refractivity contribution in [3.05, 3.63) is 5.82 Å². The van der Waals surface area contributed by atoms with Crippen LogP contribution in [-0.2, 0) is 4.79 Å². The summed E-state index contributed by atoms with van der Waals surface area (Å²) in [5.74, 6) is 1.27. The minimum absolute atomic E-state index is 0.0170. The van der Waals surface area contributed by atoms with Crippen LogP contribution < -0.4 is 5.73 Å². The molecule has 134 valence electrons. The Morgan fingerprint density at radius 2 is 1.79 bits per heavy atom. The van der Waals surface area contributed by atoms with E-state index < -0.39 is 0 Å². The van der Waals surface area contributed by atoms with Crippen LogP contribution in [0.3, 0.4) is 0 Å². The quantitative estimate of drug-likeness (QED) is 0.890. The van der Waals surface area contributed by atoms with Gasteiger partial charge in [0.1, 0.15) is 0 Å². The van der Waals surface area contributed by atoms with Crippen molar-refractivity contribution in [3.8, 4) is 0 Å². The van der Waals surface area contributed by atoms with Crippen LogP contribution in [0.15, 0.2) is 0 Å². The number of aromatic nitrogens is 4. The van der Waals surface area contributed by atoms with Gasteiger partial charge in [-0.1, -0.05) is 33.1 Å². The lowest BCUT2D eigenvalue weighted by atomic mass is 9.91. The molecule has 7 heteroatoms. The third-order valence-electron chi connectivity index (χ3n) is 5.66. The molecule has 2 fully saturated rings. The molecular formula is C17H30N6O. The lowest BCUT2D eigenvalue weighted by Crippen LogP contribution is -2.43. The van der Waals surface area contributed by atoms with Crippen LogP contribution in [-0.4, -0.2) is 44.1 Å². The molecule has 1 aliphatic carbocycles. The van der Waals surface area contributed by atoms with E-state index in [-0.39, 0.29) is 17.9 Å². The van der Waals surface area contributed by atoms with E-state index in [9.17, 15) is 4.79 Å². The zero-order valence-corrected chi connectivity index (χ0v) is 14.9. The summed E-state index contributed by atoms with van der Waals surface area (Å²) in [6.45, 7) is 6.22. The number of nitrogens with two attached hydrogens (primary N) is 1. The molecule has 2 heterocycles. The normalized spacial score (nSPS) is 22.8. The Labute approximate surface area is 144 Å². The Morgan fingerprint density at radius 3 is 2.38 bits per heavy atom. The summed E-state index contributed by atoms with van der Waals surface area (Å²) in [6.07, 6.45) is 7.87. The molecule has 1 aliphatic heterocycles. The minimum atomic E-state index is -0.164. The predicted molar refractivity (Wildman–Crippen MR) is 91.0 cm³/mol. The number of likely N-dealkylation sites (tertiary alicyclic amines) is 1. The molecule has 24 heavy (non-hydrogen) atoms. The number of nitrogens with zero attached hydrogens (tertiary/aromatic N) is 5. The Kier molecular flexibility index (Phi) is 5.48. The Bertz CT molecular complexity index is 543. The first-order valence-corrected chi connectivity index (χ1v) is 9.39. The topological polar surface area (TPSA) is 89.9 Å². The number of hydrogen-bond acceptors (Lipinski definition) is 5. The summed E-state index contributed by atoms with van der Waals surface area (Å²) < 4.78 is 2.09. The summed E-state index contributed by atoms with van der Waals surface area (Å²) in [6, 6.07) is 0.643. The first kappa shape index (κ1) is 17.3. The maximum atomic E-state index is 11.4. The van der Waals surface area contributed by atoms with Gasteiger partial charge < -0.3 is 5.73 Å². The summed E-state index contributed by atoms with van der Waals surface area (Å²) in [4.78, 5) is 13.9. The first-order chi connectivity index (χ1) is 11.6. The standard InChI is InChI=1S/C17H30N6O/c1-12(2)15(22-10-8-13(9-11-22)16(18)24)17-19-20-21-23(17)14-6-4-3-5-7-14/h12-15H,3-11H2,1-2H3,(H2,18,24)/t15-/m0/s1. The molecule has 1 saturated heterocycles. The van der Waals surface area contributed by atoms with Gasteiger partial charge in [-0.05, 0) is 55.1 Å². The molecule has 0 spiro atoms. The largest absolute Gasteiger partial charge is 0.369 e. The number of rotatable bonds is 5. The highest BCUT2D eigenvalue weighted by Gasteiger charge is 2.34. The van der Waals surface area contributed by atoms with E-state index >= 15 is 0 Å². The lowest BCUT2D eigenvalue weighted by Gasteiger charge is -2.38. The van der Waals surface area contributed by atoms with Crippen LogP contribution in [0.25, 0.3) is 0 Å². The molecule has 3 rings (SSSR count). The number of carbonyl (C=O) groups excluding carboxylic acids is 1. The van der Waals surface area contributed by atoms with Crippen LogP contribution in [0.2, 0.25) is 0 Å². The van der Waals surface area contributed by atoms with Crippen molar-refractivity contribution in [1.29, 1.82) is 0 Å². The van der Waals surface area contributed by atoms with Gasteiger partial charge in [0.05, 0.1) is 12.1 Å². The van der Waals surface area contributed by atoms with E-state index in [1.165, 1.54) is 32.1 Å². The highest BCUT2D eigenvalue weighted by Crippen LogP contribution is 2.34. The maximum absolute atomic E-state index is 11.4. The molecular weight excluding hydrogens is 304 g/mol. The van der Waals surface area contributed by atoms with Crippen molar-refractivity contribution in [2.75, 3.05) is 13.1 Å². The van der Waals surface area contributed by atoms with Crippen LogP contribution in [0.1, 0.15) is 76.7 Å². The smallest absolute Gasteiger partial charge is 0.220 e. The van der Waals surface area contributed by atoms with Crippen molar-refractivity contribution in [3.63, 3.8) is 0 Å². The van der Waals surface area contributed by atoms with Gasteiger partial charge in [0.15, 0.2) is 5.82 Å². The van der Waals surface area contributed by atoms with Gasteiger partial charge in [0.2, 0.25) is 5.91 Å². The van der Waals surface area contributed by atoms with Gasteiger partial charge in [0, 0.05) is 5.92 Å². The molecule has 1 atom stereocenters. The Hall–Kier alpha value is -1.50. The van der Waals surface area contributed by atoms with Crippen molar-refractivity contribution < 1.29 is 4.79 Å². The fraction of sp³-hybridized carbons (Fsp3) is 0.882. The summed E-state index contributed by atoms with van der Waals surface area (Å²) in [7, 11) is 0. The number of tetrazole rings is 1. The van der Waals surface area contributed by atoms with E-state index in [4.69, 9.17) is 5.73 Å². The second kappa shape index (κ2) is 7.59. The molecule has 2 N–H and O–H groups in total.